The molecule has 4 heteroatoms. The van der Waals surface area contributed by atoms with Gasteiger partial charge in [-0.2, -0.15) is 0 Å². The van der Waals surface area contributed by atoms with Gasteiger partial charge >= 0.3 is 0 Å². The second kappa shape index (κ2) is 3.96. The molecule has 0 spiro atoms. The number of nitrogens with one attached hydrogen (secondary N) is 1. The highest BCUT2D eigenvalue weighted by molar-refractivity contribution is 6.09. The number of rotatable bonds is 2. The Morgan fingerprint density at radius 1 is 1.38 bits per heavy atom. The summed E-state index contributed by atoms with van der Waals surface area (Å²) in [5.74, 6) is -0.361. The maximum atomic E-state index is 11.8. The highest BCUT2D eigenvalue weighted by Crippen LogP contribution is 2.22. The molecule has 0 unspecified atom stereocenters. The number of nitrogens with zero attached hydrogens (tertiary/aromatic N) is 1. The van der Waals surface area contributed by atoms with Crippen LogP contribution >= 0.6 is 0 Å². The van der Waals surface area contributed by atoms with Gasteiger partial charge in [0.1, 0.15) is 0 Å². The van der Waals surface area contributed by atoms with E-state index in [0.717, 1.165) is 17.8 Å². The zero-order valence-electron chi connectivity index (χ0n) is 9.41. The lowest BCUT2D eigenvalue weighted by Gasteiger charge is -2.23. The highest BCUT2D eigenvalue weighted by atomic mass is 16.2. The topological polar surface area (TPSA) is 49.4 Å². The third-order valence-electron chi connectivity index (χ3n) is 2.74. The van der Waals surface area contributed by atoms with Crippen molar-refractivity contribution >= 4 is 17.5 Å². The molecular weight excluding hydrogens is 204 g/mol. The van der Waals surface area contributed by atoms with Crippen molar-refractivity contribution in [2.24, 2.45) is 0 Å². The van der Waals surface area contributed by atoms with Crippen LogP contribution in [-0.2, 0) is 11.2 Å². The first-order valence-corrected chi connectivity index (χ1v) is 5.31. The molecule has 0 radical (unpaired) electrons. The average Bonchev–Trinajstić information content (AvgIpc) is 2.26. The van der Waals surface area contributed by atoms with Crippen LogP contribution in [0, 0.1) is 0 Å². The van der Waals surface area contributed by atoms with Crippen molar-refractivity contribution in [3.05, 3.63) is 29.3 Å². The minimum absolute atomic E-state index is 0.147. The summed E-state index contributed by atoms with van der Waals surface area (Å²) in [7, 11) is 1.52. The number of hydrogen-bond acceptors (Lipinski definition) is 3. The van der Waals surface area contributed by atoms with Crippen LogP contribution in [0.15, 0.2) is 18.2 Å². The summed E-state index contributed by atoms with van der Waals surface area (Å²) in [5.41, 5.74) is 2.39. The minimum atomic E-state index is -0.214. The quantitative estimate of drug-likeness (QED) is 0.760. The summed E-state index contributed by atoms with van der Waals surface area (Å²) < 4.78 is 0. The molecule has 4 nitrogen and oxygen atoms in total. The van der Waals surface area contributed by atoms with Gasteiger partial charge in [0.15, 0.2) is 0 Å². The molecule has 1 aliphatic heterocycles. The smallest absolute Gasteiger partial charge is 0.260 e. The molecule has 16 heavy (non-hydrogen) atoms. The standard InChI is InChI=1S/C12H14N2O2/c1-3-13-9-4-5-10-8(6-9)7-11(15)14(2)12(10)16/h4-6,13H,3,7H2,1-2H3. The zero-order valence-corrected chi connectivity index (χ0v) is 9.41. The molecule has 2 amide bonds. The third kappa shape index (κ3) is 1.66. The average molecular weight is 218 g/mol. The number of hydrogen-bond donors (Lipinski definition) is 1. The summed E-state index contributed by atoms with van der Waals surface area (Å²) in [4.78, 5) is 24.5. The van der Waals surface area contributed by atoms with Crippen LogP contribution in [0.1, 0.15) is 22.8 Å². The van der Waals surface area contributed by atoms with Crippen LogP contribution in [0.3, 0.4) is 0 Å². The van der Waals surface area contributed by atoms with Gasteiger partial charge in [-0.05, 0) is 30.7 Å². The normalized spacial score (nSPS) is 15.0. The van der Waals surface area contributed by atoms with Gasteiger partial charge in [-0.25, -0.2) is 0 Å². The van der Waals surface area contributed by atoms with E-state index < -0.39 is 0 Å². The Balaban J connectivity index is 2.41. The summed E-state index contributed by atoms with van der Waals surface area (Å²) in [6.45, 7) is 2.82. The van der Waals surface area contributed by atoms with Crippen molar-refractivity contribution in [2.75, 3.05) is 18.9 Å². The third-order valence-corrected chi connectivity index (χ3v) is 2.74. The van der Waals surface area contributed by atoms with E-state index in [-0.39, 0.29) is 11.8 Å². The Labute approximate surface area is 94.2 Å². The van der Waals surface area contributed by atoms with Crippen LogP contribution in [0.4, 0.5) is 5.69 Å². The number of benzene rings is 1. The van der Waals surface area contributed by atoms with Crippen LogP contribution in [0.5, 0.6) is 0 Å². The van der Waals surface area contributed by atoms with Gasteiger partial charge in [0.25, 0.3) is 5.91 Å². The molecule has 0 saturated carbocycles. The molecule has 0 saturated heterocycles. The zero-order chi connectivity index (χ0) is 11.7. The minimum Gasteiger partial charge on any atom is -0.385 e. The molecule has 1 aromatic rings. The maximum Gasteiger partial charge on any atom is 0.260 e. The molecule has 0 fully saturated rings. The Bertz CT molecular complexity index is 454. The molecule has 0 aromatic heterocycles. The van der Waals surface area contributed by atoms with E-state index in [2.05, 4.69) is 5.32 Å². The van der Waals surface area contributed by atoms with Gasteiger partial charge in [-0.15, -0.1) is 0 Å². The lowest BCUT2D eigenvalue weighted by Crippen LogP contribution is -2.39. The Hall–Kier alpha value is -1.84. The molecule has 84 valence electrons. The molecular formula is C12H14N2O2. The molecule has 2 rings (SSSR count). The van der Waals surface area contributed by atoms with Crippen molar-refractivity contribution in [3.8, 4) is 0 Å². The van der Waals surface area contributed by atoms with Crippen LogP contribution in [-0.4, -0.2) is 30.3 Å². The van der Waals surface area contributed by atoms with E-state index in [4.69, 9.17) is 0 Å². The maximum absolute atomic E-state index is 11.8. The van der Waals surface area contributed by atoms with Gasteiger partial charge < -0.3 is 5.32 Å². The van der Waals surface area contributed by atoms with Crippen molar-refractivity contribution in [2.45, 2.75) is 13.3 Å². The molecule has 1 heterocycles. The predicted molar refractivity (Wildman–Crippen MR) is 61.4 cm³/mol. The molecule has 1 aliphatic rings. The summed E-state index contributed by atoms with van der Waals surface area (Å²) in [6, 6.07) is 5.52. The van der Waals surface area contributed by atoms with Gasteiger partial charge in [0, 0.05) is 24.8 Å². The predicted octanol–water partition coefficient (Wildman–Crippen LogP) is 1.27. The fourth-order valence-corrected chi connectivity index (χ4v) is 1.84. The summed E-state index contributed by atoms with van der Waals surface area (Å²) in [5, 5.41) is 3.16. The molecule has 1 N–H and O–H groups in total. The van der Waals surface area contributed by atoms with E-state index in [1.807, 2.05) is 19.1 Å². The van der Waals surface area contributed by atoms with Crippen LogP contribution < -0.4 is 5.32 Å². The molecule has 0 atom stereocenters. The van der Waals surface area contributed by atoms with Gasteiger partial charge in [0.2, 0.25) is 5.91 Å². The first kappa shape index (κ1) is 10.7. The Morgan fingerprint density at radius 3 is 2.81 bits per heavy atom. The largest absolute Gasteiger partial charge is 0.385 e. The molecule has 0 aliphatic carbocycles. The van der Waals surface area contributed by atoms with Gasteiger partial charge in [0.05, 0.1) is 6.42 Å². The van der Waals surface area contributed by atoms with E-state index in [0.29, 0.717) is 12.0 Å². The Kier molecular flexibility index (Phi) is 2.64. The number of anilines is 1. The fourth-order valence-electron chi connectivity index (χ4n) is 1.84. The summed E-state index contributed by atoms with van der Waals surface area (Å²) >= 11 is 0. The van der Waals surface area contributed by atoms with E-state index in [9.17, 15) is 9.59 Å². The van der Waals surface area contributed by atoms with Crippen LogP contribution in [0.2, 0.25) is 0 Å². The van der Waals surface area contributed by atoms with E-state index in [1.54, 1.807) is 6.07 Å². The van der Waals surface area contributed by atoms with Gasteiger partial charge in [-0.1, -0.05) is 0 Å². The lowest BCUT2D eigenvalue weighted by molar-refractivity contribution is -0.127. The fraction of sp³-hybridized carbons (Fsp3) is 0.333. The first-order valence-electron chi connectivity index (χ1n) is 5.31. The second-order valence-electron chi connectivity index (χ2n) is 3.84. The molecule has 0 bridgehead atoms. The summed E-state index contributed by atoms with van der Waals surface area (Å²) in [6.07, 6.45) is 0.302. The van der Waals surface area contributed by atoms with Crippen molar-refractivity contribution in [1.29, 1.82) is 0 Å². The number of fused-ring (bicyclic) bond motifs is 1. The number of amides is 2. The number of carbonyl (C=O) groups excluding carboxylic acids is 2. The van der Waals surface area contributed by atoms with E-state index in [1.165, 1.54) is 11.9 Å². The Morgan fingerprint density at radius 2 is 2.12 bits per heavy atom. The van der Waals surface area contributed by atoms with Crippen molar-refractivity contribution < 1.29 is 9.59 Å². The lowest BCUT2D eigenvalue weighted by atomic mass is 9.98. The number of likely N-dealkylation sites (N-methyl/N-ethyl adjacent to an activating group) is 1. The van der Waals surface area contributed by atoms with E-state index >= 15 is 0 Å². The molecule has 1 aromatic carbocycles. The van der Waals surface area contributed by atoms with Gasteiger partial charge in [-0.3, -0.25) is 14.5 Å². The number of carbonyl (C=O) groups is 2. The number of imide groups is 1. The van der Waals surface area contributed by atoms with Crippen molar-refractivity contribution in [3.63, 3.8) is 0 Å². The first-order chi connectivity index (χ1) is 7.63. The monoisotopic (exact) mass is 218 g/mol. The highest BCUT2D eigenvalue weighted by Gasteiger charge is 2.27. The SMILES string of the molecule is CCNc1ccc2c(c1)CC(=O)N(C)C2=O. The van der Waals surface area contributed by atoms with Crippen LogP contribution in [0.25, 0.3) is 0 Å². The van der Waals surface area contributed by atoms with Crippen molar-refractivity contribution in [1.82, 2.24) is 4.90 Å². The second-order valence-corrected chi connectivity index (χ2v) is 3.84.